The molecular weight excluding hydrogens is 657 g/mol. The van der Waals surface area contributed by atoms with Crippen molar-refractivity contribution in [3.63, 3.8) is 0 Å². The molecule has 0 atom stereocenters. The largest absolute Gasteiger partial charge is 0.289 e. The van der Waals surface area contributed by atoms with Crippen LogP contribution in [0, 0.1) is 0 Å². The quantitative estimate of drug-likeness (QED) is 0.119. The lowest BCUT2D eigenvalue weighted by atomic mass is 9.91. The predicted molar refractivity (Wildman–Crippen MR) is 205 cm³/mol. The minimum Gasteiger partial charge on any atom is -0.289 e. The highest BCUT2D eigenvalue weighted by Crippen LogP contribution is 2.23. The van der Waals surface area contributed by atoms with Crippen molar-refractivity contribution >= 4 is 28.9 Å². The van der Waals surface area contributed by atoms with Crippen LogP contribution >= 0.6 is 0 Å². The van der Waals surface area contributed by atoms with E-state index in [2.05, 4.69) is 0 Å². The molecule has 0 aliphatic rings. The van der Waals surface area contributed by atoms with Gasteiger partial charge in [0, 0.05) is 55.6 Å². The van der Waals surface area contributed by atoms with E-state index in [1.54, 1.807) is 133 Å². The normalized spacial score (nSPS) is 10.7. The Labute approximate surface area is 307 Å². The molecule has 0 aliphatic carbocycles. The number of hydrogen-bond acceptors (Lipinski definition) is 5. The molecule has 7 aromatic rings. The zero-order valence-corrected chi connectivity index (χ0v) is 28.6. The molecule has 0 heterocycles. The fraction of sp³-hybridized carbons (Fsp3) is 0.0208. The van der Waals surface area contributed by atoms with Crippen LogP contribution in [0.3, 0.4) is 0 Å². The van der Waals surface area contributed by atoms with Gasteiger partial charge in [0.25, 0.3) is 0 Å². The monoisotopic (exact) mass is 688 g/mol. The summed E-state index contributed by atoms with van der Waals surface area (Å²) in [5.41, 5.74) is 5.48. The van der Waals surface area contributed by atoms with Crippen LogP contribution in [0.4, 0.5) is 0 Å². The summed E-state index contributed by atoms with van der Waals surface area (Å²) in [6, 6.07) is 52.2. The molecule has 0 saturated heterocycles. The molecule has 0 radical (unpaired) electrons. The standard InChI is InChI=1S/C48H32O5/c49-44(34-14-4-1-5-15-34)37-20-10-13-32(26-37)25-33-27-42(47(52)40-23-11-21-38(29-40)45(50)35-16-6-2-7-17-35)31-43(28-33)48(53)41-24-12-22-39(30-41)46(51)36-18-8-3-9-19-36/h1-24,26-31H,25H2. The zero-order chi connectivity index (χ0) is 36.7. The number of ketones is 5. The molecule has 53 heavy (non-hydrogen) atoms. The summed E-state index contributed by atoms with van der Waals surface area (Å²) in [4.78, 5) is 68.1. The summed E-state index contributed by atoms with van der Waals surface area (Å²) >= 11 is 0. The Morgan fingerprint density at radius 2 is 0.509 bits per heavy atom. The fourth-order valence-corrected chi connectivity index (χ4v) is 6.32. The maximum absolute atomic E-state index is 14.2. The Balaban J connectivity index is 1.25. The minimum absolute atomic E-state index is 0.109. The molecule has 0 N–H and O–H groups in total. The highest BCUT2D eigenvalue weighted by Gasteiger charge is 2.20. The minimum atomic E-state index is -0.357. The van der Waals surface area contributed by atoms with E-state index in [1.807, 2.05) is 48.5 Å². The lowest BCUT2D eigenvalue weighted by Crippen LogP contribution is -2.10. The van der Waals surface area contributed by atoms with Gasteiger partial charge in [0.05, 0.1) is 0 Å². The van der Waals surface area contributed by atoms with Crippen molar-refractivity contribution in [2.45, 2.75) is 6.42 Å². The molecule has 0 unspecified atom stereocenters. The van der Waals surface area contributed by atoms with Gasteiger partial charge in [0.2, 0.25) is 0 Å². The van der Waals surface area contributed by atoms with E-state index in [0.29, 0.717) is 56.5 Å². The topological polar surface area (TPSA) is 85.3 Å². The summed E-state index contributed by atoms with van der Waals surface area (Å²) < 4.78 is 0. The number of carbonyl (C=O) groups is 5. The van der Waals surface area contributed by atoms with Gasteiger partial charge in [-0.2, -0.15) is 0 Å². The van der Waals surface area contributed by atoms with Gasteiger partial charge >= 0.3 is 0 Å². The summed E-state index contributed by atoms with van der Waals surface area (Å²) in [6.07, 6.45) is 0.330. The van der Waals surface area contributed by atoms with Crippen molar-refractivity contribution in [2.24, 2.45) is 0 Å². The first-order valence-corrected chi connectivity index (χ1v) is 17.2. The van der Waals surface area contributed by atoms with Gasteiger partial charge in [-0.25, -0.2) is 0 Å². The van der Waals surface area contributed by atoms with Gasteiger partial charge < -0.3 is 0 Å². The van der Waals surface area contributed by atoms with Crippen molar-refractivity contribution in [1.29, 1.82) is 0 Å². The molecule has 0 fully saturated rings. The Kier molecular flexibility index (Phi) is 9.99. The Hall–Kier alpha value is -7.11. The lowest BCUT2D eigenvalue weighted by molar-refractivity contribution is 0.102. The summed E-state index contributed by atoms with van der Waals surface area (Å²) in [6.45, 7) is 0. The number of rotatable bonds is 12. The number of carbonyl (C=O) groups excluding carboxylic acids is 5. The van der Waals surface area contributed by atoms with E-state index in [-0.39, 0.29) is 40.0 Å². The van der Waals surface area contributed by atoms with Gasteiger partial charge in [-0.3, -0.25) is 24.0 Å². The first-order chi connectivity index (χ1) is 25.8. The van der Waals surface area contributed by atoms with Crippen LogP contribution in [0.25, 0.3) is 0 Å². The van der Waals surface area contributed by atoms with Gasteiger partial charge in [0.1, 0.15) is 0 Å². The van der Waals surface area contributed by atoms with Crippen molar-refractivity contribution < 1.29 is 24.0 Å². The van der Waals surface area contributed by atoms with Crippen LogP contribution in [-0.2, 0) is 6.42 Å². The SMILES string of the molecule is O=C(c1ccccc1)c1cccc(Cc2cc(C(=O)c3cccc(C(=O)c4ccccc4)c3)cc(C(=O)c3cccc(C(=O)c4ccccc4)c3)c2)c1. The van der Waals surface area contributed by atoms with Gasteiger partial charge in [0.15, 0.2) is 28.9 Å². The van der Waals surface area contributed by atoms with Crippen molar-refractivity contribution in [3.05, 3.63) is 249 Å². The first-order valence-electron chi connectivity index (χ1n) is 17.2. The van der Waals surface area contributed by atoms with E-state index in [1.165, 1.54) is 0 Å². The molecule has 0 bridgehead atoms. The maximum Gasteiger partial charge on any atom is 0.193 e. The second-order valence-corrected chi connectivity index (χ2v) is 12.7. The molecule has 7 aromatic carbocycles. The first kappa shape index (κ1) is 34.3. The van der Waals surface area contributed by atoms with Crippen molar-refractivity contribution in [3.8, 4) is 0 Å². The zero-order valence-electron chi connectivity index (χ0n) is 28.6. The summed E-state index contributed by atoms with van der Waals surface area (Å²) in [5.74, 6) is -1.24. The van der Waals surface area contributed by atoms with Crippen LogP contribution in [0.2, 0.25) is 0 Å². The third-order valence-electron chi connectivity index (χ3n) is 9.00. The van der Waals surface area contributed by atoms with E-state index >= 15 is 0 Å². The molecule has 5 nitrogen and oxygen atoms in total. The third kappa shape index (κ3) is 7.80. The molecule has 5 heteroatoms. The predicted octanol–water partition coefficient (Wildman–Crippen LogP) is 9.43. The Morgan fingerprint density at radius 1 is 0.245 bits per heavy atom. The molecule has 0 saturated carbocycles. The van der Waals surface area contributed by atoms with Crippen LogP contribution < -0.4 is 0 Å². The molecule has 0 aromatic heterocycles. The van der Waals surface area contributed by atoms with Crippen molar-refractivity contribution in [1.82, 2.24) is 0 Å². The number of hydrogen-bond donors (Lipinski definition) is 0. The van der Waals surface area contributed by atoms with Crippen molar-refractivity contribution in [2.75, 3.05) is 0 Å². The molecule has 0 amide bonds. The summed E-state index contributed by atoms with van der Waals surface area (Å²) in [7, 11) is 0. The highest BCUT2D eigenvalue weighted by molar-refractivity contribution is 6.16. The highest BCUT2D eigenvalue weighted by atomic mass is 16.1. The Bertz CT molecular complexity index is 2370. The van der Waals surface area contributed by atoms with Gasteiger partial charge in [-0.15, -0.1) is 0 Å². The summed E-state index contributed by atoms with van der Waals surface area (Å²) in [5, 5.41) is 0. The van der Waals surface area contributed by atoms with E-state index < -0.39 is 0 Å². The smallest absolute Gasteiger partial charge is 0.193 e. The second-order valence-electron chi connectivity index (χ2n) is 12.7. The molecule has 7 rings (SSSR count). The van der Waals surface area contributed by atoms with Crippen LogP contribution in [0.15, 0.2) is 182 Å². The maximum atomic E-state index is 14.2. The fourth-order valence-electron chi connectivity index (χ4n) is 6.32. The van der Waals surface area contributed by atoms with E-state index in [0.717, 1.165) is 5.56 Å². The Morgan fingerprint density at radius 3 is 0.887 bits per heavy atom. The number of benzene rings is 7. The van der Waals surface area contributed by atoms with Crippen LogP contribution in [0.1, 0.15) is 90.7 Å². The average molecular weight is 689 g/mol. The molecule has 254 valence electrons. The third-order valence-corrected chi connectivity index (χ3v) is 9.00. The average Bonchev–Trinajstić information content (AvgIpc) is 3.23. The van der Waals surface area contributed by atoms with E-state index in [9.17, 15) is 24.0 Å². The van der Waals surface area contributed by atoms with Gasteiger partial charge in [-0.05, 0) is 53.9 Å². The molecule has 0 aliphatic heterocycles. The van der Waals surface area contributed by atoms with E-state index in [4.69, 9.17) is 0 Å². The molecule has 0 spiro atoms. The van der Waals surface area contributed by atoms with Crippen LogP contribution in [-0.4, -0.2) is 28.9 Å². The van der Waals surface area contributed by atoms with Gasteiger partial charge in [-0.1, -0.05) is 146 Å². The second kappa shape index (κ2) is 15.4. The lowest BCUT2D eigenvalue weighted by Gasteiger charge is -2.12. The molecular formula is C48H32O5. The van der Waals surface area contributed by atoms with Crippen LogP contribution in [0.5, 0.6) is 0 Å².